The summed E-state index contributed by atoms with van der Waals surface area (Å²) in [5, 5.41) is 13.4. The third-order valence-electron chi connectivity index (χ3n) is 2.91. The van der Waals surface area contributed by atoms with E-state index in [-0.39, 0.29) is 12.1 Å². The van der Waals surface area contributed by atoms with Crippen molar-refractivity contribution in [3.05, 3.63) is 0 Å². The van der Waals surface area contributed by atoms with Crippen LogP contribution in [0.1, 0.15) is 53.4 Å². The molecule has 2 nitrogen and oxygen atoms in total. The summed E-state index contributed by atoms with van der Waals surface area (Å²) in [6.45, 7) is 9.51. The van der Waals surface area contributed by atoms with Crippen LogP contribution in [-0.2, 0) is 0 Å². The van der Waals surface area contributed by atoms with Crippen LogP contribution in [0.25, 0.3) is 0 Å². The molecule has 0 aliphatic heterocycles. The van der Waals surface area contributed by atoms with Gasteiger partial charge in [0, 0.05) is 6.04 Å². The normalized spacial score (nSPS) is 17.8. The van der Waals surface area contributed by atoms with Gasteiger partial charge < -0.3 is 10.4 Å². The minimum Gasteiger partial charge on any atom is -0.391 e. The largest absolute Gasteiger partial charge is 0.391 e. The van der Waals surface area contributed by atoms with Crippen LogP contribution in [0.4, 0.5) is 0 Å². The molecule has 2 N–H and O–H groups in total. The van der Waals surface area contributed by atoms with E-state index in [0.717, 1.165) is 19.4 Å². The van der Waals surface area contributed by atoms with Gasteiger partial charge in [-0.3, -0.25) is 0 Å². The number of nitrogens with one attached hydrogen (secondary N) is 1. The minimum atomic E-state index is -0.188. The SMILES string of the molecule is CCCCC(C)C(O)C(CC)NCC. The summed E-state index contributed by atoms with van der Waals surface area (Å²) >= 11 is 0. The Hall–Kier alpha value is -0.0800. The van der Waals surface area contributed by atoms with Gasteiger partial charge >= 0.3 is 0 Å². The number of unbranched alkanes of at least 4 members (excludes halogenated alkanes) is 1. The van der Waals surface area contributed by atoms with Crippen LogP contribution < -0.4 is 5.32 Å². The van der Waals surface area contributed by atoms with Crippen LogP contribution in [0.5, 0.6) is 0 Å². The van der Waals surface area contributed by atoms with Gasteiger partial charge in [0.25, 0.3) is 0 Å². The van der Waals surface area contributed by atoms with E-state index in [2.05, 4.69) is 33.0 Å². The van der Waals surface area contributed by atoms with Gasteiger partial charge in [-0.1, -0.05) is 40.5 Å². The molecule has 0 aliphatic carbocycles. The fraction of sp³-hybridized carbons (Fsp3) is 1.00. The van der Waals surface area contributed by atoms with Crippen molar-refractivity contribution in [2.75, 3.05) is 6.54 Å². The average Bonchev–Trinajstić information content (AvgIpc) is 2.21. The summed E-state index contributed by atoms with van der Waals surface area (Å²) in [6, 6.07) is 0.270. The first-order chi connectivity index (χ1) is 6.67. The summed E-state index contributed by atoms with van der Waals surface area (Å²) in [5.41, 5.74) is 0. The number of aliphatic hydroxyl groups is 1. The van der Waals surface area contributed by atoms with E-state index in [1.807, 2.05) is 0 Å². The maximum atomic E-state index is 10.1. The van der Waals surface area contributed by atoms with Gasteiger partial charge in [-0.05, 0) is 25.3 Å². The highest BCUT2D eigenvalue weighted by Gasteiger charge is 2.21. The molecule has 3 atom stereocenters. The van der Waals surface area contributed by atoms with E-state index in [4.69, 9.17) is 0 Å². The zero-order valence-corrected chi connectivity index (χ0v) is 10.2. The fourth-order valence-corrected chi connectivity index (χ4v) is 1.86. The van der Waals surface area contributed by atoms with Gasteiger partial charge in [-0.15, -0.1) is 0 Å². The van der Waals surface area contributed by atoms with Crippen molar-refractivity contribution in [1.82, 2.24) is 5.32 Å². The molecule has 0 saturated carbocycles. The molecule has 0 spiro atoms. The quantitative estimate of drug-likeness (QED) is 0.632. The zero-order valence-electron chi connectivity index (χ0n) is 10.2. The highest BCUT2D eigenvalue weighted by molar-refractivity contribution is 4.78. The molecule has 0 aromatic carbocycles. The maximum Gasteiger partial charge on any atom is 0.0718 e. The fourth-order valence-electron chi connectivity index (χ4n) is 1.86. The van der Waals surface area contributed by atoms with Crippen molar-refractivity contribution in [3.63, 3.8) is 0 Å². The predicted molar refractivity (Wildman–Crippen MR) is 62.5 cm³/mol. The third-order valence-corrected chi connectivity index (χ3v) is 2.91. The smallest absolute Gasteiger partial charge is 0.0718 e. The van der Waals surface area contributed by atoms with Crippen LogP contribution in [0.2, 0.25) is 0 Å². The Morgan fingerprint density at radius 1 is 1.21 bits per heavy atom. The third kappa shape index (κ3) is 4.97. The van der Waals surface area contributed by atoms with Gasteiger partial charge in [0.1, 0.15) is 0 Å². The molecule has 0 saturated heterocycles. The summed E-state index contributed by atoms with van der Waals surface area (Å²) < 4.78 is 0. The van der Waals surface area contributed by atoms with Gasteiger partial charge in [0.2, 0.25) is 0 Å². The van der Waals surface area contributed by atoms with E-state index >= 15 is 0 Å². The van der Waals surface area contributed by atoms with Crippen molar-refractivity contribution >= 4 is 0 Å². The van der Waals surface area contributed by atoms with E-state index in [1.165, 1.54) is 12.8 Å². The topological polar surface area (TPSA) is 32.3 Å². The molecular formula is C12H27NO. The Morgan fingerprint density at radius 3 is 2.29 bits per heavy atom. The summed E-state index contributed by atoms with van der Waals surface area (Å²) in [7, 11) is 0. The number of hydrogen-bond acceptors (Lipinski definition) is 2. The van der Waals surface area contributed by atoms with E-state index in [1.54, 1.807) is 0 Å². The molecular weight excluding hydrogens is 174 g/mol. The predicted octanol–water partition coefficient (Wildman–Crippen LogP) is 2.56. The van der Waals surface area contributed by atoms with Crippen molar-refractivity contribution < 1.29 is 5.11 Å². The van der Waals surface area contributed by atoms with E-state index in [9.17, 15) is 5.11 Å². The number of aliphatic hydroxyl groups excluding tert-OH is 1. The Morgan fingerprint density at radius 2 is 1.86 bits per heavy atom. The second-order valence-corrected chi connectivity index (χ2v) is 4.18. The Kier molecular flexibility index (Phi) is 8.20. The molecule has 2 heteroatoms. The molecule has 3 unspecified atom stereocenters. The molecule has 0 rings (SSSR count). The molecule has 0 aliphatic rings. The second-order valence-electron chi connectivity index (χ2n) is 4.18. The molecule has 86 valence electrons. The molecule has 0 bridgehead atoms. The van der Waals surface area contributed by atoms with Crippen LogP contribution in [0, 0.1) is 5.92 Å². The molecule has 0 heterocycles. The van der Waals surface area contributed by atoms with Crippen LogP contribution in [0.3, 0.4) is 0 Å². The van der Waals surface area contributed by atoms with Gasteiger partial charge in [0.05, 0.1) is 6.10 Å². The number of hydrogen-bond donors (Lipinski definition) is 2. The number of likely N-dealkylation sites (N-methyl/N-ethyl adjacent to an activating group) is 1. The highest BCUT2D eigenvalue weighted by atomic mass is 16.3. The molecule has 14 heavy (non-hydrogen) atoms. The number of rotatable bonds is 8. The highest BCUT2D eigenvalue weighted by Crippen LogP contribution is 2.16. The van der Waals surface area contributed by atoms with Gasteiger partial charge in [-0.2, -0.15) is 0 Å². The molecule has 0 radical (unpaired) electrons. The molecule has 0 aromatic rings. The van der Waals surface area contributed by atoms with Crippen molar-refractivity contribution in [1.29, 1.82) is 0 Å². The summed E-state index contributed by atoms with van der Waals surface area (Å²) in [5.74, 6) is 0.416. The first kappa shape index (κ1) is 13.9. The lowest BCUT2D eigenvalue weighted by Gasteiger charge is -2.27. The lowest BCUT2D eigenvalue weighted by atomic mass is 9.92. The lowest BCUT2D eigenvalue weighted by Crippen LogP contribution is -2.42. The van der Waals surface area contributed by atoms with Crippen LogP contribution in [0.15, 0.2) is 0 Å². The van der Waals surface area contributed by atoms with E-state index in [0.29, 0.717) is 5.92 Å². The monoisotopic (exact) mass is 201 g/mol. The van der Waals surface area contributed by atoms with E-state index < -0.39 is 0 Å². The Bertz CT molecular complexity index is 127. The van der Waals surface area contributed by atoms with Crippen LogP contribution in [-0.4, -0.2) is 23.8 Å². The minimum absolute atomic E-state index is 0.188. The van der Waals surface area contributed by atoms with Crippen molar-refractivity contribution in [2.24, 2.45) is 5.92 Å². The van der Waals surface area contributed by atoms with Crippen LogP contribution >= 0.6 is 0 Å². The second kappa shape index (κ2) is 8.25. The van der Waals surface area contributed by atoms with Crippen molar-refractivity contribution in [2.45, 2.75) is 65.5 Å². The Labute approximate surface area is 89.1 Å². The summed E-state index contributed by atoms with van der Waals surface area (Å²) in [6.07, 6.45) is 4.40. The first-order valence-electron chi connectivity index (χ1n) is 6.08. The maximum absolute atomic E-state index is 10.1. The molecule has 0 amide bonds. The standard InChI is InChI=1S/C12H27NO/c1-5-8-9-10(4)12(14)11(6-2)13-7-3/h10-14H,5-9H2,1-4H3. The zero-order chi connectivity index (χ0) is 11.0. The first-order valence-corrected chi connectivity index (χ1v) is 6.08. The van der Waals surface area contributed by atoms with Gasteiger partial charge in [0.15, 0.2) is 0 Å². The Balaban J connectivity index is 3.91. The molecule has 0 aromatic heterocycles. The summed E-state index contributed by atoms with van der Waals surface area (Å²) in [4.78, 5) is 0. The van der Waals surface area contributed by atoms with Crippen molar-refractivity contribution in [3.8, 4) is 0 Å². The van der Waals surface area contributed by atoms with Gasteiger partial charge in [-0.25, -0.2) is 0 Å². The molecule has 0 fully saturated rings. The average molecular weight is 201 g/mol. The lowest BCUT2D eigenvalue weighted by molar-refractivity contribution is 0.0700.